The molecule has 0 saturated heterocycles. The number of hydrogen-bond donors (Lipinski definition) is 2. The zero-order chi connectivity index (χ0) is 15.3. The third-order valence-electron chi connectivity index (χ3n) is 3.76. The van der Waals surface area contributed by atoms with E-state index >= 15 is 0 Å². The highest BCUT2D eigenvalue weighted by Crippen LogP contribution is 2.26. The van der Waals surface area contributed by atoms with Crippen LogP contribution >= 0.6 is 0 Å². The first-order valence-electron chi connectivity index (χ1n) is 7.00. The first-order chi connectivity index (χ1) is 9.31. The van der Waals surface area contributed by atoms with Crippen molar-refractivity contribution in [2.75, 3.05) is 13.2 Å². The maximum absolute atomic E-state index is 11.3. The highest BCUT2D eigenvalue weighted by Gasteiger charge is 2.31. The van der Waals surface area contributed by atoms with Crippen molar-refractivity contribution in [3.05, 3.63) is 28.8 Å². The molecule has 0 spiro atoms. The second kappa shape index (κ2) is 6.75. The van der Waals surface area contributed by atoms with Crippen LogP contribution in [0.4, 0.5) is 0 Å². The van der Waals surface area contributed by atoms with Gasteiger partial charge in [-0.25, -0.2) is 0 Å². The molecule has 1 aromatic carbocycles. The number of carbonyl (C=O) groups is 1. The molecule has 0 bridgehead atoms. The van der Waals surface area contributed by atoms with Gasteiger partial charge >= 0.3 is 5.97 Å². The summed E-state index contributed by atoms with van der Waals surface area (Å²) in [7, 11) is 0. The van der Waals surface area contributed by atoms with Gasteiger partial charge in [0.2, 0.25) is 0 Å². The standard InChI is InChI=1S/C16H25NO3/c1-6-17-16(5,15(18)19)9-10-20-14-12(3)8-7-11(2)13(14)4/h7-8,17H,6,9-10H2,1-5H3,(H,18,19). The fourth-order valence-corrected chi connectivity index (χ4v) is 2.17. The van der Waals surface area contributed by atoms with E-state index in [-0.39, 0.29) is 0 Å². The maximum atomic E-state index is 11.3. The number of hydrogen-bond acceptors (Lipinski definition) is 3. The smallest absolute Gasteiger partial charge is 0.323 e. The Hall–Kier alpha value is -1.55. The number of rotatable bonds is 7. The van der Waals surface area contributed by atoms with E-state index in [1.807, 2.05) is 33.8 Å². The minimum Gasteiger partial charge on any atom is -0.493 e. The lowest BCUT2D eigenvalue weighted by Gasteiger charge is -2.26. The van der Waals surface area contributed by atoms with Crippen LogP contribution in [0.15, 0.2) is 12.1 Å². The minimum atomic E-state index is -0.944. The van der Waals surface area contributed by atoms with Crippen molar-refractivity contribution < 1.29 is 14.6 Å². The van der Waals surface area contributed by atoms with E-state index in [1.165, 1.54) is 5.56 Å². The summed E-state index contributed by atoms with van der Waals surface area (Å²) in [5, 5.41) is 12.3. The van der Waals surface area contributed by atoms with Crippen molar-refractivity contribution in [3.8, 4) is 5.75 Å². The molecule has 1 aromatic rings. The largest absolute Gasteiger partial charge is 0.493 e. The zero-order valence-corrected chi connectivity index (χ0v) is 13.0. The van der Waals surface area contributed by atoms with Crippen molar-refractivity contribution in [1.82, 2.24) is 5.32 Å². The Bertz CT molecular complexity index is 485. The molecule has 1 rings (SSSR count). The van der Waals surface area contributed by atoms with Gasteiger partial charge in [0, 0.05) is 6.42 Å². The van der Waals surface area contributed by atoms with Crippen molar-refractivity contribution in [2.45, 2.75) is 46.6 Å². The molecule has 20 heavy (non-hydrogen) atoms. The van der Waals surface area contributed by atoms with Crippen LogP contribution in [0.3, 0.4) is 0 Å². The SMILES string of the molecule is CCNC(C)(CCOc1c(C)ccc(C)c1C)C(=O)O. The van der Waals surface area contributed by atoms with Gasteiger partial charge in [-0.3, -0.25) is 4.79 Å². The van der Waals surface area contributed by atoms with Gasteiger partial charge in [-0.15, -0.1) is 0 Å². The van der Waals surface area contributed by atoms with Gasteiger partial charge in [-0.2, -0.15) is 0 Å². The summed E-state index contributed by atoms with van der Waals surface area (Å²) < 4.78 is 5.84. The highest BCUT2D eigenvalue weighted by atomic mass is 16.5. The number of benzene rings is 1. The third-order valence-corrected chi connectivity index (χ3v) is 3.76. The van der Waals surface area contributed by atoms with E-state index in [1.54, 1.807) is 6.92 Å². The van der Waals surface area contributed by atoms with Crippen molar-refractivity contribution >= 4 is 5.97 Å². The molecule has 0 saturated carbocycles. The quantitative estimate of drug-likeness (QED) is 0.806. The molecule has 0 aliphatic carbocycles. The lowest BCUT2D eigenvalue weighted by atomic mass is 9.98. The Morgan fingerprint density at radius 2 is 1.90 bits per heavy atom. The average molecular weight is 279 g/mol. The molecule has 0 radical (unpaired) electrons. The van der Waals surface area contributed by atoms with Crippen LogP contribution in [-0.4, -0.2) is 29.8 Å². The van der Waals surface area contributed by atoms with Crippen LogP contribution in [0, 0.1) is 20.8 Å². The molecule has 0 fully saturated rings. The molecule has 1 atom stereocenters. The molecular weight excluding hydrogens is 254 g/mol. The van der Waals surface area contributed by atoms with Crippen LogP contribution < -0.4 is 10.1 Å². The van der Waals surface area contributed by atoms with Crippen LogP contribution in [0.5, 0.6) is 5.75 Å². The Kier molecular flexibility index (Phi) is 5.57. The second-order valence-electron chi connectivity index (χ2n) is 5.42. The first kappa shape index (κ1) is 16.5. The van der Waals surface area contributed by atoms with Crippen LogP contribution in [-0.2, 0) is 4.79 Å². The molecule has 4 nitrogen and oxygen atoms in total. The lowest BCUT2D eigenvalue weighted by Crippen LogP contribution is -2.50. The molecule has 0 heterocycles. The number of aliphatic carboxylic acids is 1. The van der Waals surface area contributed by atoms with Gasteiger partial charge in [0.15, 0.2) is 0 Å². The summed E-state index contributed by atoms with van der Waals surface area (Å²) in [6.45, 7) is 10.7. The number of aryl methyl sites for hydroxylation is 2. The van der Waals surface area contributed by atoms with Crippen molar-refractivity contribution in [3.63, 3.8) is 0 Å². The fourth-order valence-electron chi connectivity index (χ4n) is 2.17. The number of carboxylic acids is 1. The van der Waals surface area contributed by atoms with Crippen molar-refractivity contribution in [1.29, 1.82) is 0 Å². The summed E-state index contributed by atoms with van der Waals surface area (Å²) >= 11 is 0. The van der Waals surface area contributed by atoms with Crippen LogP contribution in [0.2, 0.25) is 0 Å². The Morgan fingerprint density at radius 1 is 1.30 bits per heavy atom. The lowest BCUT2D eigenvalue weighted by molar-refractivity contribution is -0.144. The summed E-state index contributed by atoms with van der Waals surface area (Å²) in [4.78, 5) is 11.3. The Labute approximate surface area is 121 Å². The highest BCUT2D eigenvalue weighted by molar-refractivity contribution is 5.78. The zero-order valence-electron chi connectivity index (χ0n) is 13.0. The van der Waals surface area contributed by atoms with Gasteiger partial charge in [0.1, 0.15) is 11.3 Å². The molecule has 2 N–H and O–H groups in total. The normalized spacial score (nSPS) is 13.8. The van der Waals surface area contributed by atoms with E-state index in [4.69, 9.17) is 4.74 Å². The van der Waals surface area contributed by atoms with Crippen LogP contribution in [0.1, 0.15) is 37.0 Å². The molecule has 1 unspecified atom stereocenters. The van der Waals surface area contributed by atoms with Crippen LogP contribution in [0.25, 0.3) is 0 Å². The fraction of sp³-hybridized carbons (Fsp3) is 0.562. The summed E-state index contributed by atoms with van der Waals surface area (Å²) in [6, 6.07) is 4.09. The summed E-state index contributed by atoms with van der Waals surface area (Å²) in [5.41, 5.74) is 2.43. The minimum absolute atomic E-state index is 0.376. The topological polar surface area (TPSA) is 58.6 Å². The molecule has 0 aromatic heterocycles. The molecule has 112 valence electrons. The monoisotopic (exact) mass is 279 g/mol. The van der Waals surface area contributed by atoms with Crippen molar-refractivity contribution in [2.24, 2.45) is 0 Å². The number of carboxylic acid groups (broad SMARTS) is 1. The maximum Gasteiger partial charge on any atom is 0.323 e. The molecule has 4 heteroatoms. The summed E-state index contributed by atoms with van der Waals surface area (Å²) in [6.07, 6.45) is 0.420. The van der Waals surface area contributed by atoms with Gasteiger partial charge < -0.3 is 15.2 Å². The predicted molar refractivity (Wildman–Crippen MR) is 80.5 cm³/mol. The number of nitrogens with one attached hydrogen (secondary N) is 1. The van der Waals surface area contributed by atoms with Gasteiger partial charge in [0.25, 0.3) is 0 Å². The van der Waals surface area contributed by atoms with Gasteiger partial charge in [0.05, 0.1) is 6.61 Å². The Balaban J connectivity index is 2.73. The van der Waals surface area contributed by atoms with E-state index < -0.39 is 11.5 Å². The second-order valence-corrected chi connectivity index (χ2v) is 5.42. The molecule has 0 amide bonds. The predicted octanol–water partition coefficient (Wildman–Crippen LogP) is 2.83. The number of likely N-dealkylation sites (N-methyl/N-ethyl adjacent to an activating group) is 1. The summed E-state index contributed by atoms with van der Waals surface area (Å²) in [5.74, 6) is 0.0230. The van der Waals surface area contributed by atoms with Gasteiger partial charge in [-0.1, -0.05) is 19.1 Å². The Morgan fingerprint density at radius 3 is 2.45 bits per heavy atom. The van der Waals surface area contributed by atoms with E-state index in [2.05, 4.69) is 11.4 Å². The first-order valence-corrected chi connectivity index (χ1v) is 7.00. The van der Waals surface area contributed by atoms with E-state index in [0.717, 1.165) is 16.9 Å². The third kappa shape index (κ3) is 3.73. The molecular formula is C16H25NO3. The number of ether oxygens (including phenoxy) is 1. The average Bonchev–Trinajstić information content (AvgIpc) is 2.38. The molecule has 0 aliphatic rings. The van der Waals surface area contributed by atoms with E-state index in [9.17, 15) is 9.90 Å². The van der Waals surface area contributed by atoms with E-state index in [0.29, 0.717) is 19.6 Å². The molecule has 0 aliphatic heterocycles. The van der Waals surface area contributed by atoms with Gasteiger partial charge in [-0.05, 0) is 50.9 Å².